The van der Waals surface area contributed by atoms with E-state index in [2.05, 4.69) is 42.0 Å². The van der Waals surface area contributed by atoms with E-state index in [1.54, 1.807) is 0 Å². The maximum atomic E-state index is 14.7. The Morgan fingerprint density at radius 2 is 2.08 bits per heavy atom. The molecule has 1 saturated heterocycles. The van der Waals surface area contributed by atoms with Crippen LogP contribution in [0.4, 0.5) is 15.3 Å². The number of nitrogens with zero attached hydrogens (tertiary/aromatic N) is 5. The van der Waals surface area contributed by atoms with E-state index in [1.165, 1.54) is 0 Å². The van der Waals surface area contributed by atoms with Gasteiger partial charge in [0.15, 0.2) is 5.82 Å². The third-order valence-electron chi connectivity index (χ3n) is 7.29. The summed E-state index contributed by atoms with van der Waals surface area (Å²) in [5.74, 6) is 0.0772. The number of nitrogen functional groups attached to an aromatic ring is 1. The molecule has 5 heterocycles. The Hall–Kier alpha value is -3.10. The number of hydrogen-bond acceptors (Lipinski definition) is 9. The number of rotatable bonds is 4. The van der Waals surface area contributed by atoms with Crippen molar-refractivity contribution in [3.8, 4) is 17.3 Å². The van der Waals surface area contributed by atoms with Gasteiger partial charge >= 0.3 is 0 Å². The molecule has 0 aliphatic carbocycles. The molecule has 2 atom stereocenters. The summed E-state index contributed by atoms with van der Waals surface area (Å²) in [5.41, 5.74) is 9.64. The lowest BCUT2D eigenvalue weighted by Gasteiger charge is -2.26. The molecule has 0 radical (unpaired) electrons. The predicted octanol–water partition coefficient (Wildman–Crippen LogP) is 5.15. The van der Waals surface area contributed by atoms with Crippen molar-refractivity contribution >= 4 is 54.9 Å². The minimum atomic E-state index is -0.529. The van der Waals surface area contributed by atoms with Crippen molar-refractivity contribution in [3.05, 3.63) is 39.9 Å². The molecule has 1 fully saturated rings. The number of hydrogen-bond donors (Lipinski definition) is 2. The molecule has 8 nitrogen and oxygen atoms in total. The lowest BCUT2D eigenvalue weighted by atomic mass is 9.94. The molecule has 11 heteroatoms. The van der Waals surface area contributed by atoms with E-state index in [0.717, 1.165) is 47.0 Å². The molecule has 0 saturated carbocycles. The third kappa shape index (κ3) is 3.72. The van der Waals surface area contributed by atoms with Crippen molar-refractivity contribution < 1.29 is 9.13 Å². The molecular formula is C26H25ClFN7OS. The van der Waals surface area contributed by atoms with E-state index in [0.29, 0.717) is 58.4 Å². The number of anilines is 2. The second kappa shape index (κ2) is 9.03. The summed E-state index contributed by atoms with van der Waals surface area (Å²) in [4.78, 5) is 16.3. The van der Waals surface area contributed by atoms with E-state index in [1.807, 2.05) is 6.20 Å². The van der Waals surface area contributed by atoms with Crippen LogP contribution in [0.3, 0.4) is 0 Å². The molecule has 0 spiro atoms. The van der Waals surface area contributed by atoms with E-state index in [4.69, 9.17) is 32.0 Å². The van der Waals surface area contributed by atoms with Crippen molar-refractivity contribution in [1.82, 2.24) is 20.3 Å². The lowest BCUT2D eigenvalue weighted by Crippen LogP contribution is -2.43. The monoisotopic (exact) mass is 537 g/mol. The van der Waals surface area contributed by atoms with Crippen LogP contribution < -0.4 is 16.0 Å². The Morgan fingerprint density at radius 3 is 2.84 bits per heavy atom. The topological polar surface area (TPSA) is 113 Å². The second-order valence-corrected chi connectivity index (χ2v) is 11.3. The molecule has 6 rings (SSSR count). The number of thiophene rings is 1. The second-order valence-electron chi connectivity index (χ2n) is 9.83. The summed E-state index contributed by atoms with van der Waals surface area (Å²) in [6.45, 7) is 7.98. The summed E-state index contributed by atoms with van der Waals surface area (Å²) < 4.78 is 20.8. The first kappa shape index (κ1) is 24.2. The standard InChI is InChI=1S/C26H25ClFN7OS/c1-11(2)33-18-4-5-35(12(18)3)26-32-7-14-15-9-36-10-16(15)19(21(27)22(14)34-26)23-20-13(6-29)25(30)37-24(20)17(28)8-31-23/h7-8,11-12,18,33H,4-5,9-10,30H2,1-3H3/t12-,18-/m0/s1. The molecular weight excluding hydrogens is 513 g/mol. The number of ether oxygens (including phenoxy) is 1. The molecule has 0 amide bonds. The average Bonchev–Trinajstić information content (AvgIpc) is 3.58. The highest BCUT2D eigenvalue weighted by Crippen LogP contribution is 2.47. The van der Waals surface area contributed by atoms with Crippen LogP contribution in [-0.4, -0.2) is 39.6 Å². The first-order valence-electron chi connectivity index (χ1n) is 12.2. The zero-order valence-electron chi connectivity index (χ0n) is 20.6. The van der Waals surface area contributed by atoms with Crippen LogP contribution in [0.2, 0.25) is 5.02 Å². The Balaban J connectivity index is 1.57. The van der Waals surface area contributed by atoms with Gasteiger partial charge in [-0.1, -0.05) is 25.4 Å². The van der Waals surface area contributed by atoms with Gasteiger partial charge in [-0.05, 0) is 24.5 Å². The number of halogens is 2. The van der Waals surface area contributed by atoms with Crippen molar-refractivity contribution in [2.24, 2.45) is 0 Å². The highest BCUT2D eigenvalue weighted by molar-refractivity contribution is 7.23. The minimum absolute atomic E-state index is 0.198. The molecule has 2 aliphatic heterocycles. The number of fused-ring (bicyclic) bond motifs is 4. The number of nitriles is 1. The van der Waals surface area contributed by atoms with E-state index >= 15 is 0 Å². The third-order valence-corrected chi connectivity index (χ3v) is 8.69. The van der Waals surface area contributed by atoms with Crippen LogP contribution in [-0.2, 0) is 18.0 Å². The van der Waals surface area contributed by atoms with Crippen LogP contribution >= 0.6 is 22.9 Å². The maximum absolute atomic E-state index is 14.7. The zero-order valence-corrected chi connectivity index (χ0v) is 22.2. The van der Waals surface area contributed by atoms with Crippen molar-refractivity contribution in [1.29, 1.82) is 5.26 Å². The van der Waals surface area contributed by atoms with Crippen LogP contribution in [0.5, 0.6) is 0 Å². The molecule has 37 heavy (non-hydrogen) atoms. The van der Waals surface area contributed by atoms with Crippen LogP contribution in [0.15, 0.2) is 12.4 Å². The number of pyridine rings is 1. The first-order valence-corrected chi connectivity index (χ1v) is 13.4. The first-order chi connectivity index (χ1) is 17.8. The number of nitrogens with two attached hydrogens (primary N) is 1. The van der Waals surface area contributed by atoms with Gasteiger partial charge in [-0.2, -0.15) is 5.26 Å². The van der Waals surface area contributed by atoms with E-state index < -0.39 is 5.82 Å². The summed E-state index contributed by atoms with van der Waals surface area (Å²) in [7, 11) is 0. The molecule has 4 aromatic rings. The van der Waals surface area contributed by atoms with Gasteiger partial charge in [-0.15, -0.1) is 11.3 Å². The molecule has 0 bridgehead atoms. The normalized spacial score (nSPS) is 19.3. The van der Waals surface area contributed by atoms with Gasteiger partial charge in [-0.25, -0.2) is 14.4 Å². The Labute approximate surface area is 222 Å². The van der Waals surface area contributed by atoms with Gasteiger partial charge in [0.2, 0.25) is 5.95 Å². The van der Waals surface area contributed by atoms with E-state index in [9.17, 15) is 9.65 Å². The van der Waals surface area contributed by atoms with Gasteiger partial charge in [-0.3, -0.25) is 4.98 Å². The number of benzene rings is 1. The molecule has 0 unspecified atom stereocenters. The summed E-state index contributed by atoms with van der Waals surface area (Å²) in [6, 6.07) is 3.04. The molecule has 3 aromatic heterocycles. The van der Waals surface area contributed by atoms with Crippen molar-refractivity contribution in [2.75, 3.05) is 17.2 Å². The fraction of sp³-hybridized carbons (Fsp3) is 0.385. The largest absolute Gasteiger partial charge is 0.389 e. The van der Waals surface area contributed by atoms with E-state index in [-0.39, 0.29) is 21.3 Å². The average molecular weight is 538 g/mol. The molecule has 190 valence electrons. The molecule has 1 aromatic carbocycles. The zero-order chi connectivity index (χ0) is 26.0. The lowest BCUT2D eigenvalue weighted by molar-refractivity contribution is 0.135. The van der Waals surface area contributed by atoms with Crippen LogP contribution in [0, 0.1) is 17.1 Å². The van der Waals surface area contributed by atoms with Gasteiger partial charge in [0.25, 0.3) is 0 Å². The minimum Gasteiger partial charge on any atom is -0.389 e. The van der Waals surface area contributed by atoms with Crippen molar-refractivity contribution in [3.63, 3.8) is 0 Å². The number of nitrogens with one attached hydrogen (secondary N) is 1. The fourth-order valence-corrected chi connectivity index (χ4v) is 6.82. The summed E-state index contributed by atoms with van der Waals surface area (Å²) in [5, 5.41) is 15.2. The quantitative estimate of drug-likeness (QED) is 0.367. The molecule has 3 N–H and O–H groups in total. The van der Waals surface area contributed by atoms with Gasteiger partial charge in [0, 0.05) is 47.2 Å². The van der Waals surface area contributed by atoms with Gasteiger partial charge in [0.1, 0.15) is 11.1 Å². The summed E-state index contributed by atoms with van der Waals surface area (Å²) >= 11 is 8.13. The Kier molecular flexibility index (Phi) is 5.92. The van der Waals surface area contributed by atoms with Gasteiger partial charge in [0.05, 0.1) is 45.9 Å². The molecule has 2 aliphatic rings. The number of aromatic nitrogens is 3. The maximum Gasteiger partial charge on any atom is 0.226 e. The fourth-order valence-electron chi connectivity index (χ4n) is 5.55. The SMILES string of the molecule is CC(C)N[C@H]1CCN(c2ncc3c4c(c(-c5ncc(F)c6sc(N)c(C#N)c56)c(Cl)c3n2)COC4)[C@H]1C. The van der Waals surface area contributed by atoms with Crippen LogP contribution in [0.1, 0.15) is 43.9 Å². The van der Waals surface area contributed by atoms with Crippen molar-refractivity contribution in [2.45, 2.75) is 58.5 Å². The highest BCUT2D eigenvalue weighted by Gasteiger charge is 2.34. The summed E-state index contributed by atoms with van der Waals surface area (Å²) in [6.07, 6.45) is 3.95. The highest BCUT2D eigenvalue weighted by atomic mass is 35.5. The van der Waals surface area contributed by atoms with Gasteiger partial charge < -0.3 is 20.7 Å². The Morgan fingerprint density at radius 1 is 1.30 bits per heavy atom. The smallest absolute Gasteiger partial charge is 0.226 e. The predicted molar refractivity (Wildman–Crippen MR) is 144 cm³/mol. The Bertz CT molecular complexity index is 1620. The van der Waals surface area contributed by atoms with Crippen LogP contribution in [0.25, 0.3) is 32.2 Å².